The normalized spacial score (nSPS) is 24.7. The second kappa shape index (κ2) is 4.67. The summed E-state index contributed by atoms with van der Waals surface area (Å²) < 4.78 is 5.62. The molecule has 0 amide bonds. The molecular formula is C11H15N3O3. The number of ether oxygens (including phenoxy) is 1. The molecule has 2 rings (SSSR count). The SMILES string of the molecule is C[C@@H]1CN(c2ccc([N+](=O)[O-])cn2)C[C@@H](C)O1. The standard InChI is InChI=1S/C11H15N3O3/c1-8-6-13(7-9(2)17-8)11-4-3-10(5-12-11)14(15)16/h3-5,8-9H,6-7H2,1-2H3/t8-,9-/m1/s1. The van der Waals surface area contributed by atoms with Gasteiger partial charge in [0.1, 0.15) is 12.0 Å². The van der Waals surface area contributed by atoms with Crippen molar-refractivity contribution in [2.75, 3.05) is 18.0 Å². The number of pyridine rings is 1. The molecule has 92 valence electrons. The molecule has 0 unspecified atom stereocenters. The summed E-state index contributed by atoms with van der Waals surface area (Å²) in [5.41, 5.74) is 0.0168. The lowest BCUT2D eigenvalue weighted by molar-refractivity contribution is -0.385. The number of anilines is 1. The Balaban J connectivity index is 2.14. The summed E-state index contributed by atoms with van der Waals surface area (Å²) in [5.74, 6) is 0.762. The van der Waals surface area contributed by atoms with E-state index in [2.05, 4.69) is 9.88 Å². The fourth-order valence-corrected chi connectivity index (χ4v) is 2.04. The Labute approximate surface area is 99.4 Å². The van der Waals surface area contributed by atoms with E-state index in [1.165, 1.54) is 12.3 Å². The van der Waals surface area contributed by atoms with Crippen molar-refractivity contribution in [3.63, 3.8) is 0 Å². The molecule has 1 fully saturated rings. The largest absolute Gasteiger partial charge is 0.372 e. The Bertz CT molecular complexity index is 397. The van der Waals surface area contributed by atoms with Gasteiger partial charge in [-0.3, -0.25) is 10.1 Å². The Hall–Kier alpha value is -1.69. The summed E-state index contributed by atoms with van der Waals surface area (Å²) in [7, 11) is 0. The van der Waals surface area contributed by atoms with Crippen LogP contribution in [0.4, 0.5) is 11.5 Å². The van der Waals surface area contributed by atoms with Gasteiger partial charge in [0.25, 0.3) is 5.69 Å². The predicted molar refractivity (Wildman–Crippen MR) is 63.1 cm³/mol. The molecule has 0 aromatic carbocycles. The number of hydrogen-bond acceptors (Lipinski definition) is 5. The first-order chi connectivity index (χ1) is 8.06. The highest BCUT2D eigenvalue weighted by Crippen LogP contribution is 2.20. The van der Waals surface area contributed by atoms with E-state index in [9.17, 15) is 10.1 Å². The van der Waals surface area contributed by atoms with Gasteiger partial charge in [-0.1, -0.05) is 0 Å². The molecule has 2 heterocycles. The average molecular weight is 237 g/mol. The Kier molecular flexibility index (Phi) is 3.23. The maximum absolute atomic E-state index is 10.5. The van der Waals surface area contributed by atoms with E-state index in [1.54, 1.807) is 6.07 Å². The molecule has 0 bridgehead atoms. The quantitative estimate of drug-likeness (QED) is 0.577. The van der Waals surface area contributed by atoms with Gasteiger partial charge in [-0.15, -0.1) is 0 Å². The number of nitrogens with zero attached hydrogens (tertiary/aromatic N) is 3. The molecule has 1 aromatic rings. The summed E-state index contributed by atoms with van der Waals surface area (Å²) in [5, 5.41) is 10.5. The molecule has 0 N–H and O–H groups in total. The maximum Gasteiger partial charge on any atom is 0.287 e. The first-order valence-electron chi connectivity index (χ1n) is 5.57. The van der Waals surface area contributed by atoms with Gasteiger partial charge >= 0.3 is 0 Å². The molecule has 6 heteroatoms. The molecule has 1 aliphatic rings. The summed E-state index contributed by atoms with van der Waals surface area (Å²) in [6, 6.07) is 3.16. The zero-order chi connectivity index (χ0) is 12.4. The number of nitro groups is 1. The second-order valence-electron chi connectivity index (χ2n) is 4.29. The van der Waals surface area contributed by atoms with Crippen LogP contribution in [0, 0.1) is 10.1 Å². The monoisotopic (exact) mass is 237 g/mol. The molecule has 0 spiro atoms. The van der Waals surface area contributed by atoms with Gasteiger partial charge in [0.05, 0.1) is 17.1 Å². The molecule has 2 atom stereocenters. The van der Waals surface area contributed by atoms with Gasteiger partial charge in [0.15, 0.2) is 0 Å². The molecule has 0 aliphatic carbocycles. The van der Waals surface area contributed by atoms with Crippen molar-refractivity contribution < 1.29 is 9.66 Å². The lowest BCUT2D eigenvalue weighted by Gasteiger charge is -2.35. The highest BCUT2D eigenvalue weighted by Gasteiger charge is 2.23. The fraction of sp³-hybridized carbons (Fsp3) is 0.545. The number of rotatable bonds is 2. The van der Waals surface area contributed by atoms with Crippen molar-refractivity contribution in [3.05, 3.63) is 28.4 Å². The van der Waals surface area contributed by atoms with Crippen molar-refractivity contribution in [1.29, 1.82) is 0 Å². The van der Waals surface area contributed by atoms with Gasteiger partial charge in [0, 0.05) is 19.2 Å². The van der Waals surface area contributed by atoms with Gasteiger partial charge in [-0.25, -0.2) is 4.98 Å². The van der Waals surface area contributed by atoms with Crippen LogP contribution in [0.15, 0.2) is 18.3 Å². The second-order valence-corrected chi connectivity index (χ2v) is 4.29. The van der Waals surface area contributed by atoms with Crippen molar-refractivity contribution in [2.45, 2.75) is 26.1 Å². The fourth-order valence-electron chi connectivity index (χ4n) is 2.04. The first kappa shape index (κ1) is 11.8. The third kappa shape index (κ3) is 2.71. The van der Waals surface area contributed by atoms with Crippen molar-refractivity contribution >= 4 is 11.5 Å². The topological polar surface area (TPSA) is 68.5 Å². The van der Waals surface area contributed by atoms with E-state index in [0.29, 0.717) is 0 Å². The average Bonchev–Trinajstić information content (AvgIpc) is 2.28. The van der Waals surface area contributed by atoms with Crippen LogP contribution >= 0.6 is 0 Å². The van der Waals surface area contributed by atoms with E-state index >= 15 is 0 Å². The molecule has 1 aromatic heterocycles. The molecule has 1 saturated heterocycles. The third-order valence-corrected chi connectivity index (χ3v) is 2.69. The summed E-state index contributed by atoms with van der Waals surface area (Å²) >= 11 is 0. The Morgan fingerprint density at radius 2 is 2.06 bits per heavy atom. The highest BCUT2D eigenvalue weighted by molar-refractivity contribution is 5.43. The smallest absolute Gasteiger partial charge is 0.287 e. The van der Waals surface area contributed by atoms with Crippen LogP contribution in [0.1, 0.15) is 13.8 Å². The minimum absolute atomic E-state index is 0.0168. The zero-order valence-electron chi connectivity index (χ0n) is 9.87. The van der Waals surface area contributed by atoms with E-state index < -0.39 is 4.92 Å². The van der Waals surface area contributed by atoms with Gasteiger partial charge < -0.3 is 9.64 Å². The number of morpholine rings is 1. The molecule has 0 radical (unpaired) electrons. The summed E-state index contributed by atoms with van der Waals surface area (Å²) in [6.45, 7) is 5.53. The number of aromatic nitrogens is 1. The molecule has 1 aliphatic heterocycles. The van der Waals surface area contributed by atoms with Crippen LogP contribution in [0.25, 0.3) is 0 Å². The number of hydrogen-bond donors (Lipinski definition) is 0. The van der Waals surface area contributed by atoms with Gasteiger partial charge in [-0.2, -0.15) is 0 Å². The van der Waals surface area contributed by atoms with E-state index in [4.69, 9.17) is 4.74 Å². The van der Waals surface area contributed by atoms with Crippen molar-refractivity contribution in [1.82, 2.24) is 4.98 Å². The lowest BCUT2D eigenvalue weighted by Crippen LogP contribution is -2.45. The molecule has 0 saturated carbocycles. The van der Waals surface area contributed by atoms with Crippen LogP contribution in [-0.2, 0) is 4.74 Å². The third-order valence-electron chi connectivity index (χ3n) is 2.69. The van der Waals surface area contributed by atoms with Crippen LogP contribution < -0.4 is 4.90 Å². The zero-order valence-corrected chi connectivity index (χ0v) is 9.87. The lowest BCUT2D eigenvalue weighted by atomic mass is 10.2. The highest BCUT2D eigenvalue weighted by atomic mass is 16.6. The Morgan fingerprint density at radius 3 is 2.53 bits per heavy atom. The van der Waals surface area contributed by atoms with Gasteiger partial charge in [0.2, 0.25) is 0 Å². The van der Waals surface area contributed by atoms with E-state index in [1.807, 2.05) is 13.8 Å². The molecule has 6 nitrogen and oxygen atoms in total. The predicted octanol–water partition coefficient (Wildman–Crippen LogP) is 1.60. The first-order valence-corrected chi connectivity index (χ1v) is 5.57. The molecular weight excluding hydrogens is 222 g/mol. The summed E-state index contributed by atoms with van der Waals surface area (Å²) in [6.07, 6.45) is 1.59. The van der Waals surface area contributed by atoms with Gasteiger partial charge in [-0.05, 0) is 19.9 Å². The minimum Gasteiger partial charge on any atom is -0.372 e. The van der Waals surface area contributed by atoms with E-state index in [0.717, 1.165) is 18.9 Å². The van der Waals surface area contributed by atoms with Crippen LogP contribution in [0.5, 0.6) is 0 Å². The maximum atomic E-state index is 10.5. The van der Waals surface area contributed by atoms with Crippen LogP contribution in [-0.4, -0.2) is 35.2 Å². The van der Waals surface area contributed by atoms with Crippen molar-refractivity contribution in [2.24, 2.45) is 0 Å². The van der Waals surface area contributed by atoms with Crippen LogP contribution in [0.2, 0.25) is 0 Å². The van der Waals surface area contributed by atoms with Crippen LogP contribution in [0.3, 0.4) is 0 Å². The minimum atomic E-state index is -0.443. The van der Waals surface area contributed by atoms with E-state index in [-0.39, 0.29) is 17.9 Å². The molecule has 17 heavy (non-hydrogen) atoms. The van der Waals surface area contributed by atoms with Crippen molar-refractivity contribution in [3.8, 4) is 0 Å². The summed E-state index contributed by atoms with van der Waals surface area (Å²) in [4.78, 5) is 16.3. The Morgan fingerprint density at radius 1 is 1.41 bits per heavy atom.